The maximum Gasteiger partial charge on any atom is 0.418 e. The highest BCUT2D eigenvalue weighted by molar-refractivity contribution is 5.85. The van der Waals surface area contributed by atoms with Crippen LogP contribution in [0.4, 0.5) is 9.59 Å². The van der Waals surface area contributed by atoms with Gasteiger partial charge in [-0.3, -0.25) is 0 Å². The lowest BCUT2D eigenvalue weighted by molar-refractivity contribution is 0.118. The lowest BCUT2D eigenvalue weighted by atomic mass is 10.8. The molecule has 5 heteroatoms. The van der Waals surface area contributed by atoms with Gasteiger partial charge in [0.15, 0.2) is 0 Å². The topological polar surface area (TPSA) is 66.8 Å². The highest BCUT2D eigenvalue weighted by Gasteiger charge is 2.13. The van der Waals surface area contributed by atoms with Crippen LogP contribution in [-0.2, 0) is 4.74 Å². The van der Waals surface area contributed by atoms with E-state index in [1.807, 2.05) is 0 Å². The second kappa shape index (κ2) is 2.91. The van der Waals surface area contributed by atoms with Gasteiger partial charge in [0.2, 0.25) is 0 Å². The van der Waals surface area contributed by atoms with E-state index in [4.69, 9.17) is 5.11 Å². The lowest BCUT2D eigenvalue weighted by Crippen LogP contribution is -2.31. The summed E-state index contributed by atoms with van der Waals surface area (Å²) >= 11 is 0. The van der Waals surface area contributed by atoms with Crippen molar-refractivity contribution in [1.82, 2.24) is 4.90 Å². The maximum atomic E-state index is 10.3. The van der Waals surface area contributed by atoms with E-state index in [-0.39, 0.29) is 0 Å². The van der Waals surface area contributed by atoms with Gasteiger partial charge in [-0.25, -0.2) is 14.5 Å². The number of hydrogen-bond acceptors (Lipinski definition) is 3. The number of hydrogen-bond donors (Lipinski definition) is 1. The zero-order chi connectivity index (χ0) is 7.44. The first-order valence-electron chi connectivity index (χ1n) is 2.14. The number of ether oxygens (including phenoxy) is 1. The summed E-state index contributed by atoms with van der Waals surface area (Å²) in [5.41, 5.74) is 0. The van der Waals surface area contributed by atoms with Gasteiger partial charge in [-0.15, -0.1) is 0 Å². The number of imide groups is 1. The van der Waals surface area contributed by atoms with Gasteiger partial charge in [0.1, 0.15) is 0 Å². The van der Waals surface area contributed by atoms with Crippen molar-refractivity contribution in [1.29, 1.82) is 0 Å². The van der Waals surface area contributed by atoms with Crippen LogP contribution < -0.4 is 0 Å². The van der Waals surface area contributed by atoms with Crippen molar-refractivity contribution < 1.29 is 19.4 Å². The molecule has 0 spiro atoms. The Morgan fingerprint density at radius 2 is 2.00 bits per heavy atom. The van der Waals surface area contributed by atoms with E-state index >= 15 is 0 Å². The molecular formula is C4H7NO4. The fourth-order valence-corrected chi connectivity index (χ4v) is 0.215. The number of amides is 2. The van der Waals surface area contributed by atoms with Crippen LogP contribution in [0, 0.1) is 0 Å². The molecule has 0 aliphatic rings. The summed E-state index contributed by atoms with van der Waals surface area (Å²) in [5, 5.41) is 8.11. The van der Waals surface area contributed by atoms with Crippen LogP contribution in [0.2, 0.25) is 0 Å². The molecule has 0 aromatic carbocycles. The zero-order valence-electron chi connectivity index (χ0n) is 5.12. The fraction of sp³-hybridized carbons (Fsp3) is 0.500. The van der Waals surface area contributed by atoms with Crippen LogP contribution >= 0.6 is 0 Å². The molecule has 0 aliphatic heterocycles. The second-order valence-electron chi connectivity index (χ2n) is 1.31. The average Bonchev–Trinajstić information content (AvgIpc) is 1.84. The summed E-state index contributed by atoms with van der Waals surface area (Å²) in [6, 6.07) is 0. The van der Waals surface area contributed by atoms with Gasteiger partial charge in [-0.2, -0.15) is 0 Å². The average molecular weight is 133 g/mol. The molecule has 0 saturated carbocycles. The van der Waals surface area contributed by atoms with E-state index in [2.05, 4.69) is 4.74 Å². The summed E-state index contributed by atoms with van der Waals surface area (Å²) in [6.07, 6.45) is -2.22. The third-order valence-corrected chi connectivity index (χ3v) is 0.735. The Balaban J connectivity index is 3.88. The van der Waals surface area contributed by atoms with Gasteiger partial charge in [0, 0.05) is 7.05 Å². The van der Waals surface area contributed by atoms with E-state index in [0.29, 0.717) is 4.90 Å². The number of nitrogens with zero attached hydrogens (tertiary/aromatic N) is 1. The molecule has 0 aromatic heterocycles. The molecule has 0 saturated heterocycles. The van der Waals surface area contributed by atoms with Crippen molar-refractivity contribution in [3.05, 3.63) is 0 Å². The lowest BCUT2D eigenvalue weighted by Gasteiger charge is -2.07. The summed E-state index contributed by atoms with van der Waals surface area (Å²) in [4.78, 5) is 20.6. The van der Waals surface area contributed by atoms with Crippen molar-refractivity contribution in [2.75, 3.05) is 14.2 Å². The normalized spacial score (nSPS) is 8.22. The summed E-state index contributed by atoms with van der Waals surface area (Å²) in [7, 11) is 2.22. The largest absolute Gasteiger partial charge is 0.465 e. The standard InChI is InChI=1S/C4H7NO4/c1-5(3(6)7)4(8)9-2/h1-2H3,(H,6,7). The minimum atomic E-state index is -1.33. The smallest absolute Gasteiger partial charge is 0.418 e. The van der Waals surface area contributed by atoms with E-state index in [0.717, 1.165) is 14.2 Å². The van der Waals surface area contributed by atoms with E-state index in [9.17, 15) is 9.59 Å². The molecule has 0 rings (SSSR count). The Labute approximate surface area is 51.8 Å². The predicted octanol–water partition coefficient (Wildman–Crippen LogP) is 0.363. The highest BCUT2D eigenvalue weighted by atomic mass is 16.5. The van der Waals surface area contributed by atoms with Gasteiger partial charge < -0.3 is 9.84 Å². The van der Waals surface area contributed by atoms with Gasteiger partial charge in [-0.1, -0.05) is 0 Å². The monoisotopic (exact) mass is 133 g/mol. The van der Waals surface area contributed by atoms with Crippen LogP contribution in [0.15, 0.2) is 0 Å². The molecule has 0 bridgehead atoms. The Kier molecular flexibility index (Phi) is 2.50. The number of rotatable bonds is 0. The SMILES string of the molecule is COC(=O)N(C)C(=O)O. The first-order valence-corrected chi connectivity index (χ1v) is 2.14. The van der Waals surface area contributed by atoms with Gasteiger partial charge in [0.25, 0.3) is 0 Å². The molecule has 0 fully saturated rings. The Bertz CT molecular complexity index is 133. The predicted molar refractivity (Wildman–Crippen MR) is 28.2 cm³/mol. The third-order valence-electron chi connectivity index (χ3n) is 0.735. The Morgan fingerprint density at radius 3 is 2.11 bits per heavy atom. The van der Waals surface area contributed by atoms with Crippen molar-refractivity contribution in [2.45, 2.75) is 0 Å². The zero-order valence-corrected chi connectivity index (χ0v) is 5.12. The third kappa shape index (κ3) is 1.98. The molecular weight excluding hydrogens is 126 g/mol. The van der Waals surface area contributed by atoms with Crippen LogP contribution in [-0.4, -0.2) is 36.4 Å². The first-order chi connectivity index (χ1) is 4.09. The van der Waals surface area contributed by atoms with Crippen molar-refractivity contribution in [3.8, 4) is 0 Å². The minimum absolute atomic E-state index is 0.444. The van der Waals surface area contributed by atoms with E-state index in [1.165, 1.54) is 0 Å². The molecule has 0 unspecified atom stereocenters. The number of carboxylic acid groups (broad SMARTS) is 1. The van der Waals surface area contributed by atoms with Gasteiger partial charge in [0.05, 0.1) is 7.11 Å². The maximum absolute atomic E-state index is 10.3. The van der Waals surface area contributed by atoms with Gasteiger partial charge in [-0.05, 0) is 0 Å². The highest BCUT2D eigenvalue weighted by Crippen LogP contribution is 1.86. The molecule has 2 amide bonds. The van der Waals surface area contributed by atoms with Gasteiger partial charge >= 0.3 is 12.2 Å². The summed E-state index contributed by atoms with van der Waals surface area (Å²) < 4.78 is 4.08. The minimum Gasteiger partial charge on any atom is -0.465 e. The van der Waals surface area contributed by atoms with Crippen molar-refractivity contribution >= 4 is 12.2 Å². The summed E-state index contributed by atoms with van der Waals surface area (Å²) in [5.74, 6) is 0. The van der Waals surface area contributed by atoms with Crippen LogP contribution in [0.5, 0.6) is 0 Å². The number of methoxy groups -OCH3 is 1. The molecule has 9 heavy (non-hydrogen) atoms. The molecule has 0 aromatic rings. The molecule has 1 N–H and O–H groups in total. The van der Waals surface area contributed by atoms with Crippen molar-refractivity contribution in [3.63, 3.8) is 0 Å². The molecule has 0 heterocycles. The van der Waals surface area contributed by atoms with Crippen LogP contribution in [0.1, 0.15) is 0 Å². The van der Waals surface area contributed by atoms with Crippen molar-refractivity contribution in [2.24, 2.45) is 0 Å². The quantitative estimate of drug-likeness (QED) is 0.518. The first kappa shape index (κ1) is 7.74. The Hall–Kier alpha value is -1.26. The molecule has 0 aliphatic carbocycles. The summed E-state index contributed by atoms with van der Waals surface area (Å²) in [6.45, 7) is 0. The number of carbonyl (C=O) groups excluding carboxylic acids is 1. The van der Waals surface area contributed by atoms with E-state index < -0.39 is 12.2 Å². The van der Waals surface area contributed by atoms with E-state index in [1.54, 1.807) is 0 Å². The van der Waals surface area contributed by atoms with Crippen LogP contribution in [0.3, 0.4) is 0 Å². The molecule has 5 nitrogen and oxygen atoms in total. The Morgan fingerprint density at radius 1 is 1.56 bits per heavy atom. The molecule has 52 valence electrons. The second-order valence-corrected chi connectivity index (χ2v) is 1.31. The molecule has 0 atom stereocenters. The molecule has 0 radical (unpaired) electrons. The van der Waals surface area contributed by atoms with Crippen LogP contribution in [0.25, 0.3) is 0 Å². The fourth-order valence-electron chi connectivity index (χ4n) is 0.215. The number of carbonyl (C=O) groups is 2.